The Hall–Kier alpha value is -1.02. The summed E-state index contributed by atoms with van der Waals surface area (Å²) in [5.41, 5.74) is 2.88. The van der Waals surface area contributed by atoms with Crippen LogP contribution in [0.5, 0.6) is 0 Å². The molecule has 0 radical (unpaired) electrons. The average Bonchev–Trinajstić information content (AvgIpc) is 2.39. The highest BCUT2D eigenvalue weighted by Crippen LogP contribution is 2.42. The topological polar surface area (TPSA) is 21.3 Å². The maximum Gasteiger partial charge on any atom is 0.0468 e. The first-order chi connectivity index (χ1) is 8.34. The van der Waals surface area contributed by atoms with Gasteiger partial charge in [0.25, 0.3) is 0 Å². The molecule has 2 nitrogen and oxygen atoms in total. The summed E-state index contributed by atoms with van der Waals surface area (Å²) in [6.45, 7) is 4.19. The van der Waals surface area contributed by atoms with E-state index in [1.165, 1.54) is 30.5 Å². The van der Waals surface area contributed by atoms with E-state index in [1.807, 2.05) is 0 Å². The van der Waals surface area contributed by atoms with E-state index in [2.05, 4.69) is 36.5 Å². The van der Waals surface area contributed by atoms with Crippen LogP contribution in [0.15, 0.2) is 24.3 Å². The van der Waals surface area contributed by atoms with Gasteiger partial charge < -0.3 is 10.1 Å². The normalized spacial score (nSPS) is 29.5. The van der Waals surface area contributed by atoms with E-state index in [4.69, 9.17) is 4.74 Å². The summed E-state index contributed by atoms with van der Waals surface area (Å²) in [5, 5.41) is 3.60. The molecule has 1 saturated heterocycles. The van der Waals surface area contributed by atoms with E-state index in [0.29, 0.717) is 6.04 Å². The second kappa shape index (κ2) is 4.69. The van der Waals surface area contributed by atoms with E-state index in [0.717, 1.165) is 25.0 Å². The summed E-state index contributed by atoms with van der Waals surface area (Å²) in [6.07, 6.45) is 3.72. The van der Waals surface area contributed by atoms with Crippen LogP contribution < -0.4 is 5.32 Å². The minimum absolute atomic E-state index is 0.595. The fraction of sp³-hybridized carbons (Fsp3) is 0.600. The average molecular weight is 231 g/mol. The number of rotatable bonds is 1. The van der Waals surface area contributed by atoms with Gasteiger partial charge in [-0.1, -0.05) is 18.2 Å². The molecule has 2 heterocycles. The van der Waals surface area contributed by atoms with Crippen molar-refractivity contribution in [3.05, 3.63) is 29.8 Å². The smallest absolute Gasteiger partial charge is 0.0468 e. The molecule has 2 aliphatic rings. The molecule has 0 spiro atoms. The maximum atomic E-state index is 5.49. The molecule has 17 heavy (non-hydrogen) atoms. The zero-order chi connectivity index (χ0) is 11.7. The van der Waals surface area contributed by atoms with E-state index in [9.17, 15) is 0 Å². The van der Waals surface area contributed by atoms with Crippen molar-refractivity contribution in [3.8, 4) is 0 Å². The minimum atomic E-state index is 0.595. The van der Waals surface area contributed by atoms with Gasteiger partial charge in [-0.3, -0.25) is 0 Å². The van der Waals surface area contributed by atoms with Gasteiger partial charge in [-0.2, -0.15) is 0 Å². The molecule has 0 saturated carbocycles. The zero-order valence-corrected chi connectivity index (χ0v) is 10.5. The third kappa shape index (κ3) is 2.19. The SMILES string of the molecule is CC1CC(C2CCOCC2)c2ccccc2N1. The second-order valence-corrected chi connectivity index (χ2v) is 5.42. The maximum absolute atomic E-state index is 5.49. The van der Waals surface area contributed by atoms with Crippen LogP contribution in [0.4, 0.5) is 5.69 Å². The summed E-state index contributed by atoms with van der Waals surface area (Å²) in [5.74, 6) is 1.54. The number of para-hydroxylation sites is 1. The van der Waals surface area contributed by atoms with Gasteiger partial charge in [0, 0.05) is 24.9 Å². The quantitative estimate of drug-likeness (QED) is 0.800. The van der Waals surface area contributed by atoms with Gasteiger partial charge in [0.1, 0.15) is 0 Å². The number of hydrogen-bond acceptors (Lipinski definition) is 2. The van der Waals surface area contributed by atoms with Crippen LogP contribution in [-0.2, 0) is 4.74 Å². The van der Waals surface area contributed by atoms with Crippen LogP contribution in [0.1, 0.15) is 37.7 Å². The summed E-state index contributed by atoms with van der Waals surface area (Å²) in [6, 6.07) is 9.41. The Morgan fingerprint density at radius 1 is 1.18 bits per heavy atom. The first kappa shape index (κ1) is 11.1. The first-order valence-corrected chi connectivity index (χ1v) is 6.78. The molecule has 1 fully saturated rings. The van der Waals surface area contributed by atoms with Crippen molar-refractivity contribution < 1.29 is 4.74 Å². The Bertz CT molecular complexity index is 384. The second-order valence-electron chi connectivity index (χ2n) is 5.42. The van der Waals surface area contributed by atoms with Gasteiger partial charge in [0.2, 0.25) is 0 Å². The van der Waals surface area contributed by atoms with E-state index in [-0.39, 0.29) is 0 Å². The Balaban J connectivity index is 1.88. The lowest BCUT2D eigenvalue weighted by atomic mass is 9.75. The predicted molar refractivity (Wildman–Crippen MR) is 70.4 cm³/mol. The third-order valence-electron chi connectivity index (χ3n) is 4.20. The Morgan fingerprint density at radius 3 is 2.76 bits per heavy atom. The summed E-state index contributed by atoms with van der Waals surface area (Å²) in [7, 11) is 0. The molecule has 1 N–H and O–H groups in total. The predicted octanol–water partition coefficient (Wildman–Crippen LogP) is 3.40. The summed E-state index contributed by atoms with van der Waals surface area (Å²) in [4.78, 5) is 0. The van der Waals surface area contributed by atoms with E-state index in [1.54, 1.807) is 0 Å². The van der Waals surface area contributed by atoms with Crippen LogP contribution in [0, 0.1) is 5.92 Å². The molecule has 2 aliphatic heterocycles. The Labute approximate surface area is 103 Å². The van der Waals surface area contributed by atoms with Crippen molar-refractivity contribution in [1.29, 1.82) is 0 Å². The number of nitrogens with one attached hydrogen (secondary N) is 1. The van der Waals surface area contributed by atoms with Crippen LogP contribution >= 0.6 is 0 Å². The number of ether oxygens (including phenoxy) is 1. The molecule has 1 aromatic carbocycles. The summed E-state index contributed by atoms with van der Waals surface area (Å²) >= 11 is 0. The Kier molecular flexibility index (Phi) is 3.06. The molecular formula is C15H21NO. The molecule has 0 aromatic heterocycles. The van der Waals surface area contributed by atoms with Crippen molar-refractivity contribution in [1.82, 2.24) is 0 Å². The number of anilines is 1. The number of fused-ring (bicyclic) bond motifs is 1. The molecule has 2 atom stereocenters. The Morgan fingerprint density at radius 2 is 1.94 bits per heavy atom. The zero-order valence-electron chi connectivity index (χ0n) is 10.5. The standard InChI is InChI=1S/C15H21NO/c1-11-10-14(12-6-8-17-9-7-12)13-4-2-3-5-15(13)16-11/h2-5,11-12,14,16H,6-10H2,1H3. The fourth-order valence-electron chi connectivity index (χ4n) is 3.35. The molecule has 0 amide bonds. The highest BCUT2D eigenvalue weighted by Gasteiger charge is 2.31. The van der Waals surface area contributed by atoms with Gasteiger partial charge in [0.05, 0.1) is 0 Å². The molecule has 0 bridgehead atoms. The van der Waals surface area contributed by atoms with Crippen LogP contribution in [0.3, 0.4) is 0 Å². The van der Waals surface area contributed by atoms with E-state index >= 15 is 0 Å². The summed E-state index contributed by atoms with van der Waals surface area (Å²) < 4.78 is 5.49. The molecule has 2 heteroatoms. The third-order valence-corrected chi connectivity index (χ3v) is 4.20. The van der Waals surface area contributed by atoms with Crippen LogP contribution in [-0.4, -0.2) is 19.3 Å². The monoisotopic (exact) mass is 231 g/mol. The van der Waals surface area contributed by atoms with Gasteiger partial charge in [-0.05, 0) is 49.7 Å². The van der Waals surface area contributed by atoms with Gasteiger partial charge in [-0.15, -0.1) is 0 Å². The molecule has 92 valence electrons. The number of hydrogen-bond donors (Lipinski definition) is 1. The van der Waals surface area contributed by atoms with Gasteiger partial charge in [-0.25, -0.2) is 0 Å². The van der Waals surface area contributed by atoms with Crippen LogP contribution in [0.25, 0.3) is 0 Å². The molecule has 1 aromatic rings. The van der Waals surface area contributed by atoms with Crippen molar-refractivity contribution in [2.75, 3.05) is 18.5 Å². The van der Waals surface area contributed by atoms with Gasteiger partial charge >= 0.3 is 0 Å². The molecule has 3 rings (SSSR count). The lowest BCUT2D eigenvalue weighted by molar-refractivity contribution is 0.0559. The van der Waals surface area contributed by atoms with Crippen molar-refractivity contribution in [2.24, 2.45) is 5.92 Å². The van der Waals surface area contributed by atoms with Crippen molar-refractivity contribution in [3.63, 3.8) is 0 Å². The van der Waals surface area contributed by atoms with Crippen LogP contribution in [0.2, 0.25) is 0 Å². The first-order valence-electron chi connectivity index (χ1n) is 6.78. The lowest BCUT2D eigenvalue weighted by Gasteiger charge is -2.37. The molecular weight excluding hydrogens is 210 g/mol. The largest absolute Gasteiger partial charge is 0.382 e. The van der Waals surface area contributed by atoms with Gasteiger partial charge in [0.15, 0.2) is 0 Å². The highest BCUT2D eigenvalue weighted by atomic mass is 16.5. The van der Waals surface area contributed by atoms with Crippen molar-refractivity contribution >= 4 is 5.69 Å². The highest BCUT2D eigenvalue weighted by molar-refractivity contribution is 5.55. The minimum Gasteiger partial charge on any atom is -0.382 e. The van der Waals surface area contributed by atoms with E-state index < -0.39 is 0 Å². The molecule has 0 aliphatic carbocycles. The number of benzene rings is 1. The van der Waals surface area contributed by atoms with Crippen molar-refractivity contribution in [2.45, 2.75) is 38.1 Å². The molecule has 2 unspecified atom stereocenters. The fourth-order valence-corrected chi connectivity index (χ4v) is 3.35. The lowest BCUT2D eigenvalue weighted by Crippen LogP contribution is -2.31.